The third-order valence-corrected chi connectivity index (χ3v) is 3.43. The maximum absolute atomic E-state index is 5.88. The van der Waals surface area contributed by atoms with Crippen molar-refractivity contribution >= 4 is 0 Å². The predicted octanol–water partition coefficient (Wildman–Crippen LogP) is 2.91. The molecule has 2 rings (SSSR count). The van der Waals surface area contributed by atoms with Crippen LogP contribution in [0.3, 0.4) is 0 Å². The number of nitrogens with one attached hydrogen (secondary N) is 1. The van der Waals surface area contributed by atoms with Crippen molar-refractivity contribution in [1.82, 2.24) is 5.32 Å². The summed E-state index contributed by atoms with van der Waals surface area (Å²) in [7, 11) is 1.70. The molecule has 1 N–H and O–H groups in total. The van der Waals surface area contributed by atoms with Gasteiger partial charge in [-0.25, -0.2) is 0 Å². The zero-order valence-electron chi connectivity index (χ0n) is 11.3. The quantitative estimate of drug-likeness (QED) is 0.870. The first-order chi connectivity index (χ1) is 8.83. The Labute approximate surface area is 109 Å². The highest BCUT2D eigenvalue weighted by Crippen LogP contribution is 2.30. The molecule has 0 aromatic heterocycles. The Bertz CT molecular complexity index is 367. The van der Waals surface area contributed by atoms with Crippen LogP contribution >= 0.6 is 0 Å². The maximum Gasteiger partial charge on any atom is 0.119 e. The average Bonchev–Trinajstić information content (AvgIpc) is 2.45. The smallest absolute Gasteiger partial charge is 0.119 e. The van der Waals surface area contributed by atoms with Gasteiger partial charge >= 0.3 is 0 Å². The van der Waals surface area contributed by atoms with Gasteiger partial charge in [-0.1, -0.05) is 19.1 Å². The zero-order valence-corrected chi connectivity index (χ0v) is 11.3. The van der Waals surface area contributed by atoms with Crippen LogP contribution in [-0.2, 0) is 4.74 Å². The molecule has 3 nitrogen and oxygen atoms in total. The zero-order chi connectivity index (χ0) is 12.8. The first-order valence-corrected chi connectivity index (χ1v) is 6.82. The van der Waals surface area contributed by atoms with E-state index in [0.717, 1.165) is 31.7 Å². The molecule has 1 saturated heterocycles. The van der Waals surface area contributed by atoms with Gasteiger partial charge < -0.3 is 14.8 Å². The van der Waals surface area contributed by atoms with Crippen molar-refractivity contribution in [1.29, 1.82) is 0 Å². The largest absolute Gasteiger partial charge is 0.497 e. The fourth-order valence-electron chi connectivity index (χ4n) is 2.40. The Balaban J connectivity index is 1.98. The van der Waals surface area contributed by atoms with Crippen LogP contribution in [0, 0.1) is 0 Å². The van der Waals surface area contributed by atoms with Crippen molar-refractivity contribution in [2.45, 2.75) is 38.3 Å². The summed E-state index contributed by atoms with van der Waals surface area (Å²) in [5.74, 6) is 0.903. The van der Waals surface area contributed by atoms with Crippen LogP contribution in [0.1, 0.15) is 37.9 Å². The molecule has 1 fully saturated rings. The lowest BCUT2D eigenvalue weighted by Gasteiger charge is -2.30. The first-order valence-electron chi connectivity index (χ1n) is 6.82. The predicted molar refractivity (Wildman–Crippen MR) is 73.0 cm³/mol. The van der Waals surface area contributed by atoms with E-state index in [-0.39, 0.29) is 6.10 Å². The van der Waals surface area contributed by atoms with Crippen LogP contribution in [0.4, 0.5) is 0 Å². The average molecular weight is 249 g/mol. The minimum absolute atomic E-state index is 0.197. The van der Waals surface area contributed by atoms with Gasteiger partial charge in [0.25, 0.3) is 0 Å². The molecule has 1 aromatic rings. The van der Waals surface area contributed by atoms with E-state index < -0.39 is 0 Å². The van der Waals surface area contributed by atoms with Crippen molar-refractivity contribution in [3.63, 3.8) is 0 Å². The maximum atomic E-state index is 5.88. The van der Waals surface area contributed by atoms with E-state index in [9.17, 15) is 0 Å². The molecular weight excluding hydrogens is 226 g/mol. The van der Waals surface area contributed by atoms with E-state index >= 15 is 0 Å². The molecule has 1 aliphatic heterocycles. The molecule has 0 saturated carbocycles. The molecule has 0 bridgehead atoms. The van der Waals surface area contributed by atoms with E-state index in [1.54, 1.807) is 7.11 Å². The summed E-state index contributed by atoms with van der Waals surface area (Å²) in [6, 6.07) is 8.78. The molecule has 0 radical (unpaired) electrons. The number of benzene rings is 1. The number of hydrogen-bond donors (Lipinski definition) is 1. The SMILES string of the molecule is CCCNC1CCOC(c2cccc(OC)c2)C1. The topological polar surface area (TPSA) is 30.5 Å². The normalized spacial score (nSPS) is 23.9. The van der Waals surface area contributed by atoms with Gasteiger partial charge in [-0.15, -0.1) is 0 Å². The second-order valence-corrected chi connectivity index (χ2v) is 4.81. The molecule has 18 heavy (non-hydrogen) atoms. The summed E-state index contributed by atoms with van der Waals surface area (Å²) in [6.07, 6.45) is 3.54. The molecule has 3 heteroatoms. The van der Waals surface area contributed by atoms with Crippen molar-refractivity contribution in [3.05, 3.63) is 29.8 Å². The molecule has 0 aliphatic carbocycles. The van der Waals surface area contributed by atoms with Gasteiger partial charge in [0.2, 0.25) is 0 Å². The molecule has 1 aliphatic rings. The fourth-order valence-corrected chi connectivity index (χ4v) is 2.40. The van der Waals surface area contributed by atoms with Crippen LogP contribution < -0.4 is 10.1 Å². The third-order valence-electron chi connectivity index (χ3n) is 3.43. The van der Waals surface area contributed by atoms with Gasteiger partial charge in [-0.3, -0.25) is 0 Å². The van der Waals surface area contributed by atoms with Crippen LogP contribution in [0.25, 0.3) is 0 Å². The summed E-state index contributed by atoms with van der Waals surface area (Å²) < 4.78 is 11.1. The molecular formula is C15H23NO2. The molecule has 1 aromatic carbocycles. The second-order valence-electron chi connectivity index (χ2n) is 4.81. The van der Waals surface area contributed by atoms with Crippen LogP contribution in [0.15, 0.2) is 24.3 Å². The van der Waals surface area contributed by atoms with Gasteiger partial charge in [0.15, 0.2) is 0 Å². The van der Waals surface area contributed by atoms with E-state index in [1.807, 2.05) is 12.1 Å². The van der Waals surface area contributed by atoms with E-state index in [4.69, 9.17) is 9.47 Å². The number of hydrogen-bond acceptors (Lipinski definition) is 3. The van der Waals surface area contributed by atoms with Crippen LogP contribution in [0.5, 0.6) is 5.75 Å². The van der Waals surface area contributed by atoms with Gasteiger partial charge in [-0.05, 0) is 43.5 Å². The molecule has 0 amide bonds. The van der Waals surface area contributed by atoms with Gasteiger partial charge in [0, 0.05) is 12.6 Å². The number of methoxy groups -OCH3 is 1. The summed E-state index contributed by atoms with van der Waals surface area (Å²) in [6.45, 7) is 4.13. The first kappa shape index (κ1) is 13.4. The van der Waals surface area contributed by atoms with Crippen molar-refractivity contribution in [2.24, 2.45) is 0 Å². The third kappa shape index (κ3) is 3.47. The highest BCUT2D eigenvalue weighted by Gasteiger charge is 2.23. The molecule has 1 heterocycles. The Morgan fingerprint density at radius 1 is 1.44 bits per heavy atom. The minimum atomic E-state index is 0.197. The summed E-state index contributed by atoms with van der Waals surface area (Å²) in [5.41, 5.74) is 1.22. The second kappa shape index (κ2) is 6.76. The lowest BCUT2D eigenvalue weighted by Crippen LogP contribution is -2.36. The van der Waals surface area contributed by atoms with Gasteiger partial charge in [-0.2, -0.15) is 0 Å². The summed E-state index contributed by atoms with van der Waals surface area (Å²) in [5, 5.41) is 3.59. The summed E-state index contributed by atoms with van der Waals surface area (Å²) >= 11 is 0. The molecule has 100 valence electrons. The van der Waals surface area contributed by atoms with Crippen molar-refractivity contribution in [2.75, 3.05) is 20.3 Å². The lowest BCUT2D eigenvalue weighted by atomic mass is 9.97. The van der Waals surface area contributed by atoms with Gasteiger partial charge in [0.1, 0.15) is 5.75 Å². The van der Waals surface area contributed by atoms with E-state index in [0.29, 0.717) is 6.04 Å². The Hall–Kier alpha value is -1.06. The van der Waals surface area contributed by atoms with Crippen LogP contribution in [0.2, 0.25) is 0 Å². The standard InChI is InChI=1S/C15H23NO2/c1-3-8-16-13-7-9-18-15(11-13)12-5-4-6-14(10-12)17-2/h4-6,10,13,15-16H,3,7-9,11H2,1-2H3. The highest BCUT2D eigenvalue weighted by molar-refractivity contribution is 5.30. The summed E-state index contributed by atoms with van der Waals surface area (Å²) in [4.78, 5) is 0. The van der Waals surface area contributed by atoms with Crippen molar-refractivity contribution < 1.29 is 9.47 Å². The number of ether oxygens (including phenoxy) is 2. The van der Waals surface area contributed by atoms with Crippen molar-refractivity contribution in [3.8, 4) is 5.75 Å². The molecule has 0 spiro atoms. The Kier molecular flexibility index (Phi) is 5.02. The molecule has 2 atom stereocenters. The monoisotopic (exact) mass is 249 g/mol. The van der Waals surface area contributed by atoms with E-state index in [2.05, 4.69) is 24.4 Å². The van der Waals surface area contributed by atoms with Crippen LogP contribution in [-0.4, -0.2) is 26.3 Å². The Morgan fingerprint density at radius 2 is 2.33 bits per heavy atom. The molecule has 2 unspecified atom stereocenters. The number of rotatable bonds is 5. The van der Waals surface area contributed by atoms with E-state index in [1.165, 1.54) is 12.0 Å². The Morgan fingerprint density at radius 3 is 3.11 bits per heavy atom. The van der Waals surface area contributed by atoms with Gasteiger partial charge in [0.05, 0.1) is 13.2 Å². The minimum Gasteiger partial charge on any atom is -0.497 e. The highest BCUT2D eigenvalue weighted by atomic mass is 16.5. The lowest BCUT2D eigenvalue weighted by molar-refractivity contribution is 0.000257. The fraction of sp³-hybridized carbons (Fsp3) is 0.600.